The Kier molecular flexibility index (Phi) is 5.62. The summed E-state index contributed by atoms with van der Waals surface area (Å²) in [5.41, 5.74) is 1.89. The molecule has 1 aliphatic rings. The number of amides is 1. The van der Waals surface area contributed by atoms with Gasteiger partial charge in [0.15, 0.2) is 0 Å². The Morgan fingerprint density at radius 3 is 2.33 bits per heavy atom. The van der Waals surface area contributed by atoms with E-state index in [-0.39, 0.29) is 5.91 Å². The molecule has 0 aliphatic carbocycles. The summed E-state index contributed by atoms with van der Waals surface area (Å²) in [6.45, 7) is 3.08. The van der Waals surface area contributed by atoms with Crippen molar-refractivity contribution in [2.45, 2.75) is 19.3 Å². The molecule has 1 fully saturated rings. The fourth-order valence-corrected chi connectivity index (χ4v) is 2.77. The molecule has 0 atom stereocenters. The molecule has 0 unspecified atom stereocenters. The molecule has 0 spiro atoms. The number of hydrogen-bond acceptors (Lipinski definition) is 3. The van der Waals surface area contributed by atoms with Crippen molar-refractivity contribution in [3.63, 3.8) is 0 Å². The zero-order valence-corrected chi connectivity index (χ0v) is 13.4. The van der Waals surface area contributed by atoms with Crippen LogP contribution in [0.5, 0.6) is 0 Å². The van der Waals surface area contributed by atoms with Crippen LogP contribution in [0.2, 0.25) is 0 Å². The van der Waals surface area contributed by atoms with E-state index in [9.17, 15) is 4.79 Å². The minimum Gasteiger partial charge on any atom is -0.378 e. The summed E-state index contributed by atoms with van der Waals surface area (Å²) in [7, 11) is 5.91. The van der Waals surface area contributed by atoms with Crippen LogP contribution in [0.15, 0.2) is 24.3 Å². The van der Waals surface area contributed by atoms with Crippen LogP contribution >= 0.6 is 0 Å². The first-order valence-electron chi connectivity index (χ1n) is 7.81. The van der Waals surface area contributed by atoms with E-state index in [1.807, 2.05) is 55.2 Å². The molecule has 1 amide bonds. The van der Waals surface area contributed by atoms with Gasteiger partial charge in [0, 0.05) is 38.9 Å². The summed E-state index contributed by atoms with van der Waals surface area (Å²) in [5, 5.41) is 3.38. The highest BCUT2D eigenvalue weighted by molar-refractivity contribution is 5.94. The van der Waals surface area contributed by atoms with Gasteiger partial charge in [-0.3, -0.25) is 4.79 Å². The molecule has 1 aliphatic heterocycles. The fourth-order valence-electron chi connectivity index (χ4n) is 2.77. The normalized spacial score (nSPS) is 15.8. The van der Waals surface area contributed by atoms with Gasteiger partial charge in [-0.2, -0.15) is 0 Å². The number of carbonyl (C=O) groups excluding carboxylic acids is 1. The zero-order valence-electron chi connectivity index (χ0n) is 13.4. The minimum atomic E-state index is 0.120. The van der Waals surface area contributed by atoms with Crippen molar-refractivity contribution in [2.24, 2.45) is 5.92 Å². The van der Waals surface area contributed by atoms with Gasteiger partial charge in [0.2, 0.25) is 0 Å². The largest absolute Gasteiger partial charge is 0.378 e. The second-order valence-electron chi connectivity index (χ2n) is 6.15. The van der Waals surface area contributed by atoms with E-state index >= 15 is 0 Å². The molecule has 1 aromatic carbocycles. The van der Waals surface area contributed by atoms with Gasteiger partial charge in [-0.1, -0.05) is 0 Å². The van der Waals surface area contributed by atoms with Crippen molar-refractivity contribution in [1.29, 1.82) is 0 Å². The Labute approximate surface area is 128 Å². The molecule has 1 saturated heterocycles. The lowest BCUT2D eigenvalue weighted by Crippen LogP contribution is -2.32. The van der Waals surface area contributed by atoms with Crippen LogP contribution in [0, 0.1) is 5.92 Å². The monoisotopic (exact) mass is 289 g/mol. The molecule has 4 nitrogen and oxygen atoms in total. The highest BCUT2D eigenvalue weighted by Crippen LogP contribution is 2.17. The molecular formula is C17H27N3O. The molecule has 1 heterocycles. The van der Waals surface area contributed by atoms with Crippen molar-refractivity contribution in [3.05, 3.63) is 29.8 Å². The highest BCUT2D eigenvalue weighted by atomic mass is 16.2. The van der Waals surface area contributed by atoms with E-state index in [1.54, 1.807) is 0 Å². The summed E-state index contributed by atoms with van der Waals surface area (Å²) in [6.07, 6.45) is 3.58. The molecule has 2 rings (SSSR count). The summed E-state index contributed by atoms with van der Waals surface area (Å²) < 4.78 is 0. The third-order valence-electron chi connectivity index (χ3n) is 4.31. The molecule has 0 bridgehead atoms. The maximum Gasteiger partial charge on any atom is 0.253 e. The van der Waals surface area contributed by atoms with E-state index in [4.69, 9.17) is 0 Å². The van der Waals surface area contributed by atoms with E-state index in [2.05, 4.69) is 5.32 Å². The Bertz CT molecular complexity index is 450. The predicted molar refractivity (Wildman–Crippen MR) is 87.9 cm³/mol. The van der Waals surface area contributed by atoms with Gasteiger partial charge in [0.1, 0.15) is 0 Å². The average molecular weight is 289 g/mol. The van der Waals surface area contributed by atoms with Gasteiger partial charge in [-0.25, -0.2) is 0 Å². The van der Waals surface area contributed by atoms with Crippen molar-refractivity contribution < 1.29 is 4.79 Å². The summed E-state index contributed by atoms with van der Waals surface area (Å²) >= 11 is 0. The number of hydrogen-bond donors (Lipinski definition) is 1. The van der Waals surface area contributed by atoms with E-state index in [1.165, 1.54) is 12.8 Å². The second kappa shape index (κ2) is 7.46. The SMILES string of the molecule is CN(CCC1CCNCC1)C(=O)c1ccc(N(C)C)cc1. The number of rotatable bonds is 5. The number of anilines is 1. The molecular weight excluding hydrogens is 262 g/mol. The van der Waals surface area contributed by atoms with Crippen LogP contribution in [0.4, 0.5) is 5.69 Å². The molecule has 0 aromatic heterocycles. The van der Waals surface area contributed by atoms with Gasteiger partial charge < -0.3 is 15.1 Å². The van der Waals surface area contributed by atoms with Gasteiger partial charge in [-0.15, -0.1) is 0 Å². The number of benzene rings is 1. The van der Waals surface area contributed by atoms with E-state index < -0.39 is 0 Å². The quantitative estimate of drug-likeness (QED) is 0.903. The number of piperidine rings is 1. The lowest BCUT2D eigenvalue weighted by molar-refractivity contribution is 0.0784. The molecule has 0 saturated carbocycles. The van der Waals surface area contributed by atoms with Crippen LogP contribution in [-0.2, 0) is 0 Å². The van der Waals surface area contributed by atoms with Gasteiger partial charge in [0.25, 0.3) is 5.91 Å². The molecule has 4 heteroatoms. The maximum atomic E-state index is 12.4. The topological polar surface area (TPSA) is 35.6 Å². The molecule has 1 aromatic rings. The highest BCUT2D eigenvalue weighted by Gasteiger charge is 2.16. The van der Waals surface area contributed by atoms with E-state index in [0.29, 0.717) is 0 Å². The Morgan fingerprint density at radius 1 is 1.14 bits per heavy atom. The van der Waals surface area contributed by atoms with Crippen molar-refractivity contribution in [3.8, 4) is 0 Å². The number of nitrogens with zero attached hydrogens (tertiary/aromatic N) is 2. The minimum absolute atomic E-state index is 0.120. The third kappa shape index (κ3) is 4.46. The number of nitrogens with one attached hydrogen (secondary N) is 1. The average Bonchev–Trinajstić information content (AvgIpc) is 2.53. The van der Waals surface area contributed by atoms with E-state index in [0.717, 1.165) is 43.2 Å². The molecule has 1 N–H and O–H groups in total. The zero-order chi connectivity index (χ0) is 15.2. The van der Waals surface area contributed by atoms with Gasteiger partial charge in [-0.05, 0) is 62.5 Å². The predicted octanol–water partition coefficient (Wildman–Crippen LogP) is 2.21. The third-order valence-corrected chi connectivity index (χ3v) is 4.31. The van der Waals surface area contributed by atoms with Crippen LogP contribution < -0.4 is 10.2 Å². The van der Waals surface area contributed by atoms with Gasteiger partial charge >= 0.3 is 0 Å². The lowest BCUT2D eigenvalue weighted by Gasteiger charge is -2.25. The smallest absolute Gasteiger partial charge is 0.253 e. The summed E-state index contributed by atoms with van der Waals surface area (Å²) in [6, 6.07) is 7.82. The van der Waals surface area contributed by atoms with Crippen LogP contribution in [0.25, 0.3) is 0 Å². The van der Waals surface area contributed by atoms with Crippen molar-refractivity contribution in [2.75, 3.05) is 45.7 Å². The lowest BCUT2D eigenvalue weighted by atomic mass is 9.94. The standard InChI is InChI=1S/C17H27N3O/c1-19(2)16-6-4-15(5-7-16)17(21)20(3)13-10-14-8-11-18-12-9-14/h4-7,14,18H,8-13H2,1-3H3. The number of carbonyl (C=O) groups is 1. The fraction of sp³-hybridized carbons (Fsp3) is 0.588. The Balaban J connectivity index is 1.86. The summed E-state index contributed by atoms with van der Waals surface area (Å²) in [5.74, 6) is 0.881. The van der Waals surface area contributed by atoms with Crippen LogP contribution in [-0.4, -0.2) is 51.6 Å². The van der Waals surface area contributed by atoms with Crippen LogP contribution in [0.1, 0.15) is 29.6 Å². The molecule has 0 radical (unpaired) electrons. The first-order chi connectivity index (χ1) is 10.1. The van der Waals surface area contributed by atoms with Crippen molar-refractivity contribution >= 4 is 11.6 Å². The van der Waals surface area contributed by atoms with Crippen molar-refractivity contribution in [1.82, 2.24) is 10.2 Å². The summed E-state index contributed by atoms with van der Waals surface area (Å²) in [4.78, 5) is 16.3. The Hall–Kier alpha value is -1.55. The van der Waals surface area contributed by atoms with Gasteiger partial charge in [0.05, 0.1) is 0 Å². The Morgan fingerprint density at radius 2 is 1.76 bits per heavy atom. The first kappa shape index (κ1) is 15.8. The second-order valence-corrected chi connectivity index (χ2v) is 6.15. The molecule has 116 valence electrons. The first-order valence-corrected chi connectivity index (χ1v) is 7.81. The maximum absolute atomic E-state index is 12.4. The van der Waals surface area contributed by atoms with Crippen LogP contribution in [0.3, 0.4) is 0 Å². The molecule has 21 heavy (non-hydrogen) atoms.